The first kappa shape index (κ1) is 12.7. The molecule has 0 spiro atoms. The van der Waals surface area contributed by atoms with Gasteiger partial charge in [-0.2, -0.15) is 0 Å². The highest BCUT2D eigenvalue weighted by Gasteiger charge is 2.03. The van der Waals surface area contributed by atoms with Gasteiger partial charge in [-0.15, -0.1) is 0 Å². The molecule has 1 aromatic carbocycles. The molecule has 94 valence electrons. The van der Waals surface area contributed by atoms with Crippen LogP contribution in [0.2, 0.25) is 5.02 Å². The number of hydrogen-bond acceptors (Lipinski definition) is 4. The van der Waals surface area contributed by atoms with Crippen LogP contribution in [-0.4, -0.2) is 12.1 Å². The van der Waals surface area contributed by atoms with Gasteiger partial charge in [0, 0.05) is 17.6 Å². The highest BCUT2D eigenvalue weighted by Crippen LogP contribution is 2.26. The zero-order chi connectivity index (χ0) is 13.0. The van der Waals surface area contributed by atoms with Crippen molar-refractivity contribution in [1.82, 2.24) is 4.98 Å². The van der Waals surface area contributed by atoms with E-state index in [4.69, 9.17) is 26.8 Å². The number of halogens is 1. The lowest BCUT2D eigenvalue weighted by atomic mass is 10.2. The minimum Gasteiger partial charge on any atom is -0.495 e. The summed E-state index contributed by atoms with van der Waals surface area (Å²) in [5, 5.41) is 0.587. The molecule has 2 N–H and O–H groups in total. The average molecular weight is 265 g/mol. The van der Waals surface area contributed by atoms with Crippen molar-refractivity contribution in [3.8, 4) is 17.4 Å². The van der Waals surface area contributed by atoms with E-state index in [9.17, 15) is 0 Å². The van der Waals surface area contributed by atoms with E-state index in [1.807, 2.05) is 6.07 Å². The third kappa shape index (κ3) is 2.91. The van der Waals surface area contributed by atoms with Gasteiger partial charge in [-0.05, 0) is 23.8 Å². The monoisotopic (exact) mass is 264 g/mol. The molecule has 0 amide bonds. The Bertz CT molecular complexity index is 529. The van der Waals surface area contributed by atoms with Gasteiger partial charge in [-0.3, -0.25) is 0 Å². The summed E-state index contributed by atoms with van der Waals surface area (Å²) in [6, 6.07) is 8.86. The van der Waals surface area contributed by atoms with Gasteiger partial charge < -0.3 is 15.2 Å². The molecular formula is C13H13ClN2O2. The molecule has 0 fully saturated rings. The number of hydrogen-bond donors (Lipinski definition) is 1. The summed E-state index contributed by atoms with van der Waals surface area (Å²) < 4.78 is 10.6. The minimum atomic E-state index is 0.403. The van der Waals surface area contributed by atoms with E-state index in [1.165, 1.54) is 0 Å². The molecule has 1 aromatic heterocycles. The molecule has 0 radical (unpaired) electrons. The van der Waals surface area contributed by atoms with E-state index in [0.717, 1.165) is 5.56 Å². The van der Waals surface area contributed by atoms with Crippen LogP contribution >= 0.6 is 11.6 Å². The number of rotatable bonds is 4. The van der Waals surface area contributed by atoms with Crippen LogP contribution in [0.1, 0.15) is 5.56 Å². The second kappa shape index (κ2) is 5.71. The zero-order valence-electron chi connectivity index (χ0n) is 9.89. The van der Waals surface area contributed by atoms with E-state index >= 15 is 0 Å². The van der Waals surface area contributed by atoms with Gasteiger partial charge in [0.2, 0.25) is 5.88 Å². The first-order valence-electron chi connectivity index (χ1n) is 5.39. The van der Waals surface area contributed by atoms with Gasteiger partial charge in [-0.1, -0.05) is 17.7 Å². The Kier molecular flexibility index (Phi) is 4.02. The fourth-order valence-corrected chi connectivity index (χ4v) is 1.67. The normalized spacial score (nSPS) is 10.2. The van der Waals surface area contributed by atoms with E-state index in [2.05, 4.69) is 4.98 Å². The molecule has 0 atom stereocenters. The second-order valence-electron chi connectivity index (χ2n) is 3.60. The van der Waals surface area contributed by atoms with Crippen molar-refractivity contribution >= 4 is 11.6 Å². The standard InChI is InChI=1S/C13H13ClN2O2/c1-17-11-4-5-13(16-8-11)18-10-3-2-9(7-15)12(14)6-10/h2-6,8H,7,15H2,1H3. The Morgan fingerprint density at radius 2 is 2.00 bits per heavy atom. The van der Waals surface area contributed by atoms with Crippen molar-refractivity contribution in [3.05, 3.63) is 47.1 Å². The van der Waals surface area contributed by atoms with Crippen molar-refractivity contribution in [2.24, 2.45) is 5.73 Å². The van der Waals surface area contributed by atoms with Crippen molar-refractivity contribution in [2.75, 3.05) is 7.11 Å². The van der Waals surface area contributed by atoms with Gasteiger partial charge in [0.25, 0.3) is 0 Å². The lowest BCUT2D eigenvalue weighted by Gasteiger charge is -2.07. The second-order valence-corrected chi connectivity index (χ2v) is 4.00. The summed E-state index contributed by atoms with van der Waals surface area (Å²) in [5.41, 5.74) is 6.41. The topological polar surface area (TPSA) is 57.4 Å². The quantitative estimate of drug-likeness (QED) is 0.922. The molecule has 0 aliphatic heterocycles. The molecular weight excluding hydrogens is 252 g/mol. The SMILES string of the molecule is COc1ccc(Oc2ccc(CN)c(Cl)c2)nc1. The number of methoxy groups -OCH3 is 1. The molecule has 1 heterocycles. The summed E-state index contributed by atoms with van der Waals surface area (Å²) in [6.45, 7) is 0.403. The van der Waals surface area contributed by atoms with Crippen LogP contribution in [0.3, 0.4) is 0 Å². The third-order valence-corrected chi connectivity index (χ3v) is 2.76. The van der Waals surface area contributed by atoms with E-state index in [0.29, 0.717) is 28.9 Å². The molecule has 0 saturated heterocycles. The highest BCUT2D eigenvalue weighted by atomic mass is 35.5. The van der Waals surface area contributed by atoms with Gasteiger partial charge in [0.15, 0.2) is 0 Å². The number of nitrogens with zero attached hydrogens (tertiary/aromatic N) is 1. The van der Waals surface area contributed by atoms with Crippen molar-refractivity contribution in [1.29, 1.82) is 0 Å². The Hall–Kier alpha value is -1.78. The molecule has 0 bridgehead atoms. The number of pyridine rings is 1. The minimum absolute atomic E-state index is 0.403. The smallest absolute Gasteiger partial charge is 0.219 e. The number of nitrogens with two attached hydrogens (primary N) is 1. The van der Waals surface area contributed by atoms with Gasteiger partial charge in [0.05, 0.1) is 13.3 Å². The molecule has 2 rings (SSSR count). The fourth-order valence-electron chi connectivity index (χ4n) is 1.43. The predicted molar refractivity (Wildman–Crippen MR) is 70.2 cm³/mol. The summed E-state index contributed by atoms with van der Waals surface area (Å²) in [6.07, 6.45) is 1.59. The Labute approximate surface area is 110 Å². The molecule has 0 aliphatic rings. The summed E-state index contributed by atoms with van der Waals surface area (Å²) in [4.78, 5) is 4.10. The van der Waals surface area contributed by atoms with Crippen LogP contribution in [0.4, 0.5) is 0 Å². The first-order valence-corrected chi connectivity index (χ1v) is 5.77. The Morgan fingerprint density at radius 1 is 1.22 bits per heavy atom. The predicted octanol–water partition coefficient (Wildman–Crippen LogP) is 2.99. The lowest BCUT2D eigenvalue weighted by molar-refractivity contribution is 0.408. The van der Waals surface area contributed by atoms with Crippen LogP contribution in [0.25, 0.3) is 0 Å². The van der Waals surface area contributed by atoms with Gasteiger partial charge in [0.1, 0.15) is 11.5 Å². The summed E-state index contributed by atoms with van der Waals surface area (Å²) in [7, 11) is 1.59. The molecule has 2 aromatic rings. The van der Waals surface area contributed by atoms with Crippen LogP contribution in [0.5, 0.6) is 17.4 Å². The van der Waals surface area contributed by atoms with Gasteiger partial charge in [-0.25, -0.2) is 4.98 Å². The molecule has 18 heavy (non-hydrogen) atoms. The van der Waals surface area contributed by atoms with E-state index in [1.54, 1.807) is 37.6 Å². The number of aromatic nitrogens is 1. The maximum absolute atomic E-state index is 6.04. The molecule has 4 nitrogen and oxygen atoms in total. The van der Waals surface area contributed by atoms with Crippen LogP contribution < -0.4 is 15.2 Å². The third-order valence-electron chi connectivity index (χ3n) is 2.41. The maximum atomic E-state index is 6.04. The highest BCUT2D eigenvalue weighted by molar-refractivity contribution is 6.31. The summed E-state index contributed by atoms with van der Waals surface area (Å²) in [5.74, 6) is 1.78. The first-order chi connectivity index (χ1) is 8.72. The molecule has 0 saturated carbocycles. The van der Waals surface area contributed by atoms with Crippen LogP contribution in [0.15, 0.2) is 36.5 Å². The largest absolute Gasteiger partial charge is 0.495 e. The number of benzene rings is 1. The van der Waals surface area contributed by atoms with E-state index < -0.39 is 0 Å². The fraction of sp³-hybridized carbons (Fsp3) is 0.154. The average Bonchev–Trinajstić information content (AvgIpc) is 2.40. The molecule has 5 heteroatoms. The van der Waals surface area contributed by atoms with E-state index in [-0.39, 0.29) is 0 Å². The summed E-state index contributed by atoms with van der Waals surface area (Å²) >= 11 is 6.04. The van der Waals surface area contributed by atoms with Crippen molar-refractivity contribution in [3.63, 3.8) is 0 Å². The Balaban J connectivity index is 2.15. The molecule has 0 aliphatic carbocycles. The number of ether oxygens (including phenoxy) is 2. The zero-order valence-corrected chi connectivity index (χ0v) is 10.6. The van der Waals surface area contributed by atoms with Crippen LogP contribution in [0, 0.1) is 0 Å². The lowest BCUT2D eigenvalue weighted by Crippen LogP contribution is -1.97. The van der Waals surface area contributed by atoms with Crippen molar-refractivity contribution < 1.29 is 9.47 Å². The van der Waals surface area contributed by atoms with Crippen molar-refractivity contribution in [2.45, 2.75) is 6.54 Å². The molecule has 0 unspecified atom stereocenters. The van der Waals surface area contributed by atoms with Crippen LogP contribution in [-0.2, 0) is 6.54 Å². The maximum Gasteiger partial charge on any atom is 0.219 e. The Morgan fingerprint density at radius 3 is 2.56 bits per heavy atom. The van der Waals surface area contributed by atoms with Gasteiger partial charge >= 0.3 is 0 Å².